The van der Waals surface area contributed by atoms with E-state index in [9.17, 15) is 9.18 Å². The van der Waals surface area contributed by atoms with Crippen molar-refractivity contribution in [2.24, 2.45) is 5.92 Å². The third kappa shape index (κ3) is 3.95. The van der Waals surface area contributed by atoms with Crippen LogP contribution < -0.4 is 10.2 Å². The maximum absolute atomic E-state index is 13.8. The fourth-order valence-corrected chi connectivity index (χ4v) is 2.53. The molecule has 1 aromatic carbocycles. The lowest BCUT2D eigenvalue weighted by Crippen LogP contribution is -2.29. The zero-order chi connectivity index (χ0) is 14.5. The molecule has 4 heteroatoms. The Labute approximate surface area is 120 Å². The first-order valence-corrected chi connectivity index (χ1v) is 7.40. The predicted octanol–water partition coefficient (Wildman–Crippen LogP) is 3.80. The highest BCUT2D eigenvalue weighted by atomic mass is 19.1. The predicted molar refractivity (Wildman–Crippen MR) is 80.5 cm³/mol. The van der Waals surface area contributed by atoms with Gasteiger partial charge in [0.25, 0.3) is 0 Å². The fraction of sp³-hybridized carbons (Fsp3) is 0.562. The van der Waals surface area contributed by atoms with Crippen LogP contribution in [0.4, 0.5) is 15.8 Å². The molecule has 1 aliphatic rings. The molecular formula is C16H23FN2O. The average Bonchev–Trinajstić information content (AvgIpc) is 2.41. The Balaban J connectivity index is 2.09. The lowest BCUT2D eigenvalue weighted by molar-refractivity contribution is -0.116. The largest absolute Gasteiger partial charge is 0.371 e. The molecule has 0 unspecified atom stereocenters. The summed E-state index contributed by atoms with van der Waals surface area (Å²) >= 11 is 0. The molecule has 20 heavy (non-hydrogen) atoms. The van der Waals surface area contributed by atoms with E-state index in [1.54, 1.807) is 12.1 Å². The monoisotopic (exact) mass is 278 g/mol. The number of benzene rings is 1. The molecule has 110 valence electrons. The Morgan fingerprint density at radius 1 is 1.30 bits per heavy atom. The molecule has 0 bridgehead atoms. The van der Waals surface area contributed by atoms with Gasteiger partial charge in [0.2, 0.25) is 5.91 Å². The summed E-state index contributed by atoms with van der Waals surface area (Å²) in [5.41, 5.74) is 1.28. The van der Waals surface area contributed by atoms with Crippen LogP contribution in [0.2, 0.25) is 0 Å². The number of amides is 1. The van der Waals surface area contributed by atoms with Crippen molar-refractivity contribution in [3.63, 3.8) is 0 Å². The van der Waals surface area contributed by atoms with Crippen LogP contribution in [-0.4, -0.2) is 19.0 Å². The normalized spacial score (nSPS) is 15.5. The second-order valence-corrected chi connectivity index (χ2v) is 5.86. The lowest BCUT2D eigenvalue weighted by Gasteiger charge is -2.29. The lowest BCUT2D eigenvalue weighted by atomic mass is 10.1. The number of nitrogens with zero attached hydrogens (tertiary/aromatic N) is 1. The zero-order valence-corrected chi connectivity index (χ0v) is 12.3. The fourth-order valence-electron chi connectivity index (χ4n) is 2.53. The number of rotatable bonds is 4. The summed E-state index contributed by atoms with van der Waals surface area (Å²) in [6, 6.07) is 4.98. The molecule has 0 spiro atoms. The first-order chi connectivity index (χ1) is 9.56. The number of carbonyl (C=O) groups excluding carboxylic acids is 1. The van der Waals surface area contributed by atoms with Crippen molar-refractivity contribution in [1.29, 1.82) is 0 Å². The summed E-state index contributed by atoms with van der Waals surface area (Å²) in [5.74, 6) is -0.235. The van der Waals surface area contributed by atoms with E-state index in [0.29, 0.717) is 12.1 Å². The molecule has 1 aliphatic heterocycles. The maximum atomic E-state index is 13.8. The molecule has 1 N–H and O–H groups in total. The van der Waals surface area contributed by atoms with Crippen molar-refractivity contribution < 1.29 is 9.18 Å². The molecule has 0 aromatic heterocycles. The number of anilines is 2. The Morgan fingerprint density at radius 3 is 2.65 bits per heavy atom. The minimum atomic E-state index is -0.372. The highest BCUT2D eigenvalue weighted by molar-refractivity contribution is 5.91. The number of hydrogen-bond acceptors (Lipinski definition) is 2. The molecule has 2 rings (SSSR count). The number of carbonyl (C=O) groups is 1. The van der Waals surface area contributed by atoms with Crippen LogP contribution in [0.3, 0.4) is 0 Å². The van der Waals surface area contributed by atoms with Crippen molar-refractivity contribution in [3.05, 3.63) is 24.0 Å². The Morgan fingerprint density at radius 2 is 2.00 bits per heavy atom. The van der Waals surface area contributed by atoms with E-state index in [2.05, 4.69) is 10.2 Å². The van der Waals surface area contributed by atoms with Crippen LogP contribution in [0.5, 0.6) is 0 Å². The second kappa shape index (κ2) is 6.73. The molecule has 1 amide bonds. The van der Waals surface area contributed by atoms with Crippen LogP contribution in [-0.2, 0) is 4.79 Å². The van der Waals surface area contributed by atoms with E-state index in [-0.39, 0.29) is 17.6 Å². The van der Waals surface area contributed by atoms with Crippen molar-refractivity contribution in [2.45, 2.75) is 39.5 Å². The highest BCUT2D eigenvalue weighted by Gasteiger charge is 2.14. The van der Waals surface area contributed by atoms with E-state index < -0.39 is 0 Å². The SMILES string of the molecule is CC(C)CC(=O)Nc1cc(N2CCCCC2)ccc1F. The zero-order valence-electron chi connectivity index (χ0n) is 12.3. The minimum absolute atomic E-state index is 0.130. The molecule has 1 fully saturated rings. The van der Waals surface area contributed by atoms with Gasteiger partial charge in [0.05, 0.1) is 5.69 Å². The van der Waals surface area contributed by atoms with Crippen molar-refractivity contribution in [1.82, 2.24) is 0 Å². The first-order valence-electron chi connectivity index (χ1n) is 7.40. The van der Waals surface area contributed by atoms with Gasteiger partial charge in [-0.05, 0) is 43.4 Å². The van der Waals surface area contributed by atoms with Gasteiger partial charge in [-0.15, -0.1) is 0 Å². The van der Waals surface area contributed by atoms with E-state index in [1.165, 1.54) is 25.3 Å². The molecule has 3 nitrogen and oxygen atoms in total. The quantitative estimate of drug-likeness (QED) is 0.908. The van der Waals surface area contributed by atoms with Gasteiger partial charge in [0, 0.05) is 25.2 Å². The van der Waals surface area contributed by atoms with Crippen LogP contribution in [0.1, 0.15) is 39.5 Å². The molecule has 0 radical (unpaired) electrons. The number of nitrogens with one attached hydrogen (secondary N) is 1. The van der Waals surface area contributed by atoms with Gasteiger partial charge < -0.3 is 10.2 Å². The summed E-state index contributed by atoms with van der Waals surface area (Å²) < 4.78 is 13.8. The van der Waals surface area contributed by atoms with E-state index in [4.69, 9.17) is 0 Å². The average molecular weight is 278 g/mol. The highest BCUT2D eigenvalue weighted by Crippen LogP contribution is 2.25. The van der Waals surface area contributed by atoms with Crippen LogP contribution in [0.25, 0.3) is 0 Å². The van der Waals surface area contributed by atoms with Gasteiger partial charge >= 0.3 is 0 Å². The van der Waals surface area contributed by atoms with Crippen LogP contribution in [0.15, 0.2) is 18.2 Å². The third-order valence-corrected chi connectivity index (χ3v) is 3.54. The van der Waals surface area contributed by atoms with Gasteiger partial charge in [0.15, 0.2) is 0 Å². The van der Waals surface area contributed by atoms with Gasteiger partial charge in [-0.2, -0.15) is 0 Å². The maximum Gasteiger partial charge on any atom is 0.224 e. The third-order valence-electron chi connectivity index (χ3n) is 3.54. The van der Waals surface area contributed by atoms with Gasteiger partial charge in [-0.3, -0.25) is 4.79 Å². The summed E-state index contributed by atoms with van der Waals surface area (Å²) in [4.78, 5) is 14.0. The van der Waals surface area contributed by atoms with Gasteiger partial charge in [0.1, 0.15) is 5.82 Å². The van der Waals surface area contributed by atoms with Crippen LogP contribution in [0, 0.1) is 11.7 Å². The number of halogens is 1. The van der Waals surface area contributed by atoms with E-state index in [0.717, 1.165) is 18.8 Å². The van der Waals surface area contributed by atoms with Crippen molar-refractivity contribution >= 4 is 17.3 Å². The summed E-state index contributed by atoms with van der Waals surface area (Å²) in [7, 11) is 0. The van der Waals surface area contributed by atoms with E-state index in [1.807, 2.05) is 13.8 Å². The van der Waals surface area contributed by atoms with E-state index >= 15 is 0 Å². The molecule has 0 atom stereocenters. The van der Waals surface area contributed by atoms with Gasteiger partial charge in [-0.25, -0.2) is 4.39 Å². The minimum Gasteiger partial charge on any atom is -0.371 e. The molecule has 1 heterocycles. The Kier molecular flexibility index (Phi) is 4.99. The molecule has 0 saturated carbocycles. The number of hydrogen-bond donors (Lipinski definition) is 1. The Hall–Kier alpha value is -1.58. The standard InChI is InChI=1S/C16H23FN2O/c1-12(2)10-16(20)18-15-11-13(6-7-14(15)17)19-8-4-3-5-9-19/h6-7,11-12H,3-5,8-10H2,1-2H3,(H,18,20). The first kappa shape index (κ1) is 14.8. The number of piperidine rings is 1. The van der Waals surface area contributed by atoms with Crippen LogP contribution >= 0.6 is 0 Å². The summed E-state index contributed by atoms with van der Waals surface area (Å²) in [6.45, 7) is 5.95. The van der Waals surface area contributed by atoms with Crippen molar-refractivity contribution in [3.8, 4) is 0 Å². The Bertz CT molecular complexity index is 468. The molecule has 0 aliphatic carbocycles. The molecular weight excluding hydrogens is 255 g/mol. The summed E-state index contributed by atoms with van der Waals surface area (Å²) in [6.07, 6.45) is 4.02. The topological polar surface area (TPSA) is 32.3 Å². The molecule has 1 aromatic rings. The summed E-state index contributed by atoms with van der Waals surface area (Å²) in [5, 5.41) is 2.68. The second-order valence-electron chi connectivity index (χ2n) is 5.86. The van der Waals surface area contributed by atoms with Crippen molar-refractivity contribution in [2.75, 3.05) is 23.3 Å². The van der Waals surface area contributed by atoms with Gasteiger partial charge in [-0.1, -0.05) is 13.8 Å². The smallest absolute Gasteiger partial charge is 0.224 e. The molecule has 1 saturated heterocycles.